The molecule has 5 heteroatoms. The minimum atomic E-state index is 0.858. The molecule has 3 aromatic heterocycles. The molecule has 3 nitrogen and oxygen atoms in total. The van der Waals surface area contributed by atoms with E-state index in [4.69, 9.17) is 9.40 Å². The van der Waals surface area contributed by atoms with Crippen LogP contribution in [0.1, 0.15) is 0 Å². The number of anilines is 3. The number of fused-ring (bicyclic) bond motifs is 9. The average molecular weight is 777 g/mol. The lowest BCUT2D eigenvalue weighted by atomic mass is 9.98. The molecule has 12 aromatic rings. The summed E-state index contributed by atoms with van der Waals surface area (Å²) in [7, 11) is 0. The summed E-state index contributed by atoms with van der Waals surface area (Å²) in [5.74, 6) is 0. The van der Waals surface area contributed by atoms with Crippen LogP contribution in [-0.2, 0) is 0 Å². The molecule has 12 rings (SSSR count). The van der Waals surface area contributed by atoms with E-state index in [2.05, 4.69) is 193 Å². The number of nitrogens with zero attached hydrogens (tertiary/aromatic N) is 2. The maximum absolute atomic E-state index is 6.39. The van der Waals surface area contributed by atoms with Crippen LogP contribution < -0.4 is 4.90 Å². The number of hydrogen-bond donors (Lipinski definition) is 0. The topological polar surface area (TPSA) is 29.3 Å². The molecule has 0 bridgehead atoms. The number of thiophene rings is 1. The third-order valence-electron chi connectivity index (χ3n) is 11.3. The Bertz CT molecular complexity index is 3500. The molecule has 0 saturated carbocycles. The number of rotatable bonds is 6. The molecule has 0 radical (unpaired) electrons. The molecule has 0 atom stereocenters. The Morgan fingerprint density at radius 2 is 1.09 bits per heavy atom. The highest BCUT2D eigenvalue weighted by atomic mass is 32.1. The van der Waals surface area contributed by atoms with E-state index in [9.17, 15) is 0 Å². The van der Waals surface area contributed by atoms with Gasteiger partial charge in [-0.3, -0.25) is 0 Å². The average Bonchev–Trinajstić information content (AvgIpc) is 4.01. The Labute approximate surface area is 342 Å². The van der Waals surface area contributed by atoms with E-state index < -0.39 is 0 Å². The monoisotopic (exact) mass is 776 g/mol. The van der Waals surface area contributed by atoms with Crippen LogP contribution in [0.4, 0.5) is 17.1 Å². The zero-order chi connectivity index (χ0) is 38.2. The standard InChI is InChI=1S/C53H32N2OS2/c1-2-11-36(12-3-1)53-54-52-49(58-53)31-30-46-51(52)43-32-37(24-29-45(43)56-46)33-20-25-38(26-21-33)55(44-17-9-19-48-50(44)42-15-6-7-18-47(42)57-48)39-27-22-35(23-28-39)41-16-8-13-34-10-4-5-14-40(34)41/h1-32H. The SMILES string of the molecule is c1ccc(-c2nc3c(ccc4oc5ccc(-c6ccc(N(c7ccc(-c8cccc9ccccc89)cc7)c7cccc8sc9ccccc9c78)cc6)cc5c43)s2)cc1. The predicted molar refractivity (Wildman–Crippen MR) is 248 cm³/mol. The smallest absolute Gasteiger partial charge is 0.137 e. The third-order valence-corrected chi connectivity index (χ3v) is 13.5. The van der Waals surface area contributed by atoms with E-state index in [0.717, 1.165) is 70.9 Å². The summed E-state index contributed by atoms with van der Waals surface area (Å²) in [5, 5.41) is 8.21. The first-order valence-corrected chi connectivity index (χ1v) is 21.1. The van der Waals surface area contributed by atoms with Crippen molar-refractivity contribution < 1.29 is 4.42 Å². The quantitative estimate of drug-likeness (QED) is 0.168. The molecule has 0 aliphatic carbocycles. The van der Waals surface area contributed by atoms with Gasteiger partial charge in [0.05, 0.1) is 21.3 Å². The van der Waals surface area contributed by atoms with Gasteiger partial charge in [0.15, 0.2) is 0 Å². The van der Waals surface area contributed by atoms with E-state index in [-0.39, 0.29) is 0 Å². The van der Waals surface area contributed by atoms with Crippen LogP contribution in [0.2, 0.25) is 0 Å². The van der Waals surface area contributed by atoms with Crippen molar-refractivity contribution in [3.63, 3.8) is 0 Å². The van der Waals surface area contributed by atoms with Crippen molar-refractivity contribution in [2.45, 2.75) is 0 Å². The van der Waals surface area contributed by atoms with Gasteiger partial charge in [0.1, 0.15) is 16.2 Å². The zero-order valence-corrected chi connectivity index (χ0v) is 32.7. The van der Waals surface area contributed by atoms with E-state index in [1.165, 1.54) is 42.1 Å². The highest BCUT2D eigenvalue weighted by Crippen LogP contribution is 2.46. The molecule has 0 N–H and O–H groups in total. The summed E-state index contributed by atoms with van der Waals surface area (Å²) in [6.45, 7) is 0. The summed E-state index contributed by atoms with van der Waals surface area (Å²) in [6.07, 6.45) is 0. The predicted octanol–water partition coefficient (Wildman–Crippen LogP) is 16.2. The van der Waals surface area contributed by atoms with Gasteiger partial charge in [0.25, 0.3) is 0 Å². The van der Waals surface area contributed by atoms with Crippen LogP contribution in [0.15, 0.2) is 199 Å². The first-order valence-electron chi connectivity index (χ1n) is 19.4. The second kappa shape index (κ2) is 13.3. The minimum Gasteiger partial charge on any atom is -0.456 e. The van der Waals surface area contributed by atoms with Gasteiger partial charge in [0.2, 0.25) is 0 Å². The van der Waals surface area contributed by atoms with Crippen LogP contribution in [0.5, 0.6) is 0 Å². The van der Waals surface area contributed by atoms with E-state index >= 15 is 0 Å². The second-order valence-corrected chi connectivity index (χ2v) is 16.8. The van der Waals surface area contributed by atoms with E-state index in [1.54, 1.807) is 11.3 Å². The molecule has 0 amide bonds. The Balaban J connectivity index is 0.976. The van der Waals surface area contributed by atoms with E-state index in [1.807, 2.05) is 17.4 Å². The van der Waals surface area contributed by atoms with Crippen LogP contribution in [0.3, 0.4) is 0 Å². The Morgan fingerprint density at radius 3 is 1.93 bits per heavy atom. The molecule has 0 fully saturated rings. The largest absolute Gasteiger partial charge is 0.456 e. The number of aromatic nitrogens is 1. The van der Waals surface area contributed by atoms with Crippen LogP contribution in [0, 0.1) is 0 Å². The Morgan fingerprint density at radius 1 is 0.414 bits per heavy atom. The first kappa shape index (κ1) is 33.1. The van der Waals surface area contributed by atoms with Crippen LogP contribution >= 0.6 is 22.7 Å². The fraction of sp³-hybridized carbons (Fsp3) is 0. The maximum atomic E-state index is 6.39. The van der Waals surface area contributed by atoms with Gasteiger partial charge in [-0.15, -0.1) is 22.7 Å². The Kier molecular flexibility index (Phi) is 7.58. The van der Waals surface area contributed by atoms with Crippen molar-refractivity contribution in [3.8, 4) is 32.8 Å². The second-order valence-electron chi connectivity index (χ2n) is 14.7. The van der Waals surface area contributed by atoms with Gasteiger partial charge in [-0.1, -0.05) is 127 Å². The highest BCUT2D eigenvalue weighted by Gasteiger charge is 2.20. The van der Waals surface area contributed by atoms with Crippen molar-refractivity contribution in [2.24, 2.45) is 0 Å². The van der Waals surface area contributed by atoms with Crippen LogP contribution in [-0.4, -0.2) is 4.98 Å². The van der Waals surface area contributed by atoms with Crippen molar-refractivity contribution in [3.05, 3.63) is 194 Å². The van der Waals surface area contributed by atoms with Gasteiger partial charge in [-0.05, 0) is 99.8 Å². The minimum absolute atomic E-state index is 0.858. The van der Waals surface area contributed by atoms with Gasteiger partial charge >= 0.3 is 0 Å². The van der Waals surface area contributed by atoms with Crippen molar-refractivity contribution in [1.82, 2.24) is 4.98 Å². The van der Waals surface area contributed by atoms with E-state index in [0.29, 0.717) is 0 Å². The highest BCUT2D eigenvalue weighted by molar-refractivity contribution is 7.26. The zero-order valence-electron chi connectivity index (χ0n) is 31.1. The first-order chi connectivity index (χ1) is 28.7. The van der Waals surface area contributed by atoms with Crippen LogP contribution in [0.25, 0.3) is 95.9 Å². The molecule has 3 heterocycles. The van der Waals surface area contributed by atoms with Gasteiger partial charge in [-0.25, -0.2) is 4.98 Å². The molecule has 0 spiro atoms. The molecule has 272 valence electrons. The van der Waals surface area contributed by atoms with Crippen molar-refractivity contribution in [2.75, 3.05) is 4.90 Å². The molecule has 0 aliphatic heterocycles. The number of furan rings is 1. The molecular weight excluding hydrogens is 745 g/mol. The lowest BCUT2D eigenvalue weighted by Gasteiger charge is -2.27. The summed E-state index contributed by atoms with van der Waals surface area (Å²) >= 11 is 3.57. The van der Waals surface area contributed by atoms with Gasteiger partial charge < -0.3 is 9.32 Å². The lowest BCUT2D eigenvalue weighted by molar-refractivity contribution is 0.669. The normalized spacial score (nSPS) is 11.8. The summed E-state index contributed by atoms with van der Waals surface area (Å²) in [6, 6.07) is 69.8. The van der Waals surface area contributed by atoms with Crippen molar-refractivity contribution >= 4 is 103 Å². The Hall–Kier alpha value is -7.05. The molecule has 58 heavy (non-hydrogen) atoms. The fourth-order valence-electron chi connectivity index (χ4n) is 8.58. The summed E-state index contributed by atoms with van der Waals surface area (Å²) < 4.78 is 10.1. The molecule has 0 unspecified atom stereocenters. The third kappa shape index (κ3) is 5.36. The van der Waals surface area contributed by atoms with Crippen molar-refractivity contribution in [1.29, 1.82) is 0 Å². The molecule has 0 aliphatic rings. The summed E-state index contributed by atoms with van der Waals surface area (Å²) in [4.78, 5) is 7.56. The summed E-state index contributed by atoms with van der Waals surface area (Å²) in [5.41, 5.74) is 11.9. The fourth-order valence-corrected chi connectivity index (χ4v) is 10.7. The number of benzene rings is 9. The molecule has 9 aromatic carbocycles. The van der Waals surface area contributed by atoms with Gasteiger partial charge in [0, 0.05) is 42.5 Å². The number of thiazole rings is 1. The molecular formula is C53H32N2OS2. The number of hydrogen-bond acceptors (Lipinski definition) is 5. The molecule has 0 saturated heterocycles. The van der Waals surface area contributed by atoms with Gasteiger partial charge in [-0.2, -0.15) is 0 Å². The maximum Gasteiger partial charge on any atom is 0.137 e. The lowest BCUT2D eigenvalue weighted by Crippen LogP contribution is -2.10.